The molecule has 1 aliphatic heterocycles. The molecule has 0 spiro atoms. The molecule has 1 aromatic heterocycles. The summed E-state index contributed by atoms with van der Waals surface area (Å²) >= 11 is 7.36. The van der Waals surface area contributed by atoms with E-state index in [-0.39, 0.29) is 11.7 Å². The Hall–Kier alpha value is -2.71. The maximum absolute atomic E-state index is 12.6. The molecule has 0 bridgehead atoms. The lowest BCUT2D eigenvalue weighted by molar-refractivity contribution is -0.128. The van der Waals surface area contributed by atoms with Crippen molar-refractivity contribution in [2.75, 3.05) is 43.9 Å². The van der Waals surface area contributed by atoms with Gasteiger partial charge in [-0.2, -0.15) is 0 Å². The Balaban J connectivity index is 1.24. The third-order valence-electron chi connectivity index (χ3n) is 5.09. The van der Waals surface area contributed by atoms with Crippen LogP contribution in [0.5, 0.6) is 5.75 Å². The molecule has 0 aliphatic carbocycles. The molecule has 7 nitrogen and oxygen atoms in total. The largest absolute Gasteiger partial charge is 0.497 e. The van der Waals surface area contributed by atoms with E-state index >= 15 is 0 Å². The van der Waals surface area contributed by atoms with Gasteiger partial charge >= 0.3 is 0 Å². The third kappa shape index (κ3) is 5.71. The molecule has 4 rings (SSSR count). The smallest absolute Gasteiger partial charge is 0.277 e. The quantitative estimate of drug-likeness (QED) is 0.499. The molecule has 0 N–H and O–H groups in total. The van der Waals surface area contributed by atoms with Crippen molar-refractivity contribution in [1.82, 2.24) is 15.1 Å². The number of halogens is 1. The van der Waals surface area contributed by atoms with Crippen molar-refractivity contribution in [3.8, 4) is 5.75 Å². The number of ether oxygens (including phenoxy) is 1. The Morgan fingerprint density at radius 1 is 1.13 bits per heavy atom. The highest BCUT2D eigenvalue weighted by Crippen LogP contribution is 2.22. The first kappa shape index (κ1) is 21.5. The van der Waals surface area contributed by atoms with Crippen LogP contribution < -0.4 is 9.64 Å². The summed E-state index contributed by atoms with van der Waals surface area (Å²) in [4.78, 5) is 16.7. The number of amides is 1. The van der Waals surface area contributed by atoms with Crippen molar-refractivity contribution in [3.05, 3.63) is 65.0 Å². The highest BCUT2D eigenvalue weighted by Gasteiger charge is 2.22. The topological polar surface area (TPSA) is 71.7 Å². The zero-order chi connectivity index (χ0) is 21.6. The summed E-state index contributed by atoms with van der Waals surface area (Å²) in [7, 11) is 1.64. The Labute approximate surface area is 190 Å². The molecule has 2 heterocycles. The Morgan fingerprint density at radius 2 is 1.90 bits per heavy atom. The van der Waals surface area contributed by atoms with Crippen molar-refractivity contribution in [2.24, 2.45) is 0 Å². The fourth-order valence-corrected chi connectivity index (χ4v) is 4.26. The standard InChI is InChI=1S/C22H23ClN4O3S/c1-29-19-7-5-16(6-8-19)13-20-24-25-22(30-20)31-15-21(28)27-11-9-26(10-12-27)18-4-2-3-17(23)14-18/h2-8,14H,9-13,15H2,1H3. The van der Waals surface area contributed by atoms with Crippen molar-refractivity contribution in [1.29, 1.82) is 0 Å². The van der Waals surface area contributed by atoms with E-state index in [1.54, 1.807) is 7.11 Å². The second-order valence-corrected chi connectivity index (χ2v) is 8.49. The number of nitrogens with zero attached hydrogens (tertiary/aromatic N) is 4. The number of rotatable bonds is 7. The van der Waals surface area contributed by atoms with Crippen molar-refractivity contribution < 1.29 is 13.9 Å². The van der Waals surface area contributed by atoms with Gasteiger partial charge in [-0.25, -0.2) is 0 Å². The lowest BCUT2D eigenvalue weighted by Crippen LogP contribution is -2.49. The van der Waals surface area contributed by atoms with E-state index in [0.717, 1.165) is 35.1 Å². The van der Waals surface area contributed by atoms with Crippen molar-refractivity contribution in [3.63, 3.8) is 0 Å². The number of carbonyl (C=O) groups is 1. The number of aromatic nitrogens is 2. The highest BCUT2D eigenvalue weighted by molar-refractivity contribution is 7.99. The van der Waals surface area contributed by atoms with Gasteiger partial charge in [0.1, 0.15) is 5.75 Å². The zero-order valence-corrected chi connectivity index (χ0v) is 18.7. The van der Waals surface area contributed by atoms with Gasteiger partial charge in [0.25, 0.3) is 5.22 Å². The van der Waals surface area contributed by atoms with Crippen LogP contribution in [-0.4, -0.2) is 60.0 Å². The number of hydrogen-bond donors (Lipinski definition) is 0. The minimum atomic E-state index is 0.0747. The molecule has 1 fully saturated rings. The van der Waals surface area contributed by atoms with Crippen molar-refractivity contribution in [2.45, 2.75) is 11.6 Å². The molecular formula is C22H23ClN4O3S. The van der Waals surface area contributed by atoms with E-state index < -0.39 is 0 Å². The van der Waals surface area contributed by atoms with Gasteiger partial charge in [0.15, 0.2) is 0 Å². The fourth-order valence-electron chi connectivity index (χ4n) is 3.39. The fraction of sp³-hybridized carbons (Fsp3) is 0.318. The second-order valence-electron chi connectivity index (χ2n) is 7.12. The van der Waals surface area contributed by atoms with Gasteiger partial charge in [-0.15, -0.1) is 10.2 Å². The summed E-state index contributed by atoms with van der Waals surface area (Å²) in [5.74, 6) is 1.68. The van der Waals surface area contributed by atoms with Gasteiger partial charge in [-0.1, -0.05) is 41.6 Å². The average molecular weight is 459 g/mol. The molecule has 0 saturated carbocycles. The molecule has 2 aromatic carbocycles. The van der Waals surface area contributed by atoms with Crippen LogP contribution in [0.25, 0.3) is 0 Å². The zero-order valence-electron chi connectivity index (χ0n) is 17.2. The van der Waals surface area contributed by atoms with Crippen LogP contribution in [0.15, 0.2) is 58.2 Å². The maximum atomic E-state index is 12.6. The van der Waals surface area contributed by atoms with E-state index in [0.29, 0.717) is 30.6 Å². The second kappa shape index (κ2) is 10.1. The molecule has 9 heteroatoms. The van der Waals surface area contributed by atoms with Gasteiger partial charge < -0.3 is 19.0 Å². The molecule has 31 heavy (non-hydrogen) atoms. The molecule has 0 atom stereocenters. The van der Waals surface area contributed by atoms with Crippen molar-refractivity contribution >= 4 is 35.0 Å². The molecule has 162 valence electrons. The van der Waals surface area contributed by atoms with Crippen LogP contribution in [-0.2, 0) is 11.2 Å². The lowest BCUT2D eigenvalue weighted by Gasteiger charge is -2.36. The summed E-state index contributed by atoms with van der Waals surface area (Å²) in [5.41, 5.74) is 2.14. The summed E-state index contributed by atoms with van der Waals surface area (Å²) in [6.45, 7) is 2.92. The number of carbonyl (C=O) groups excluding carboxylic acids is 1. The lowest BCUT2D eigenvalue weighted by atomic mass is 10.1. The van der Waals surface area contributed by atoms with Gasteiger partial charge in [-0.3, -0.25) is 4.79 Å². The minimum absolute atomic E-state index is 0.0747. The SMILES string of the molecule is COc1ccc(Cc2nnc(SCC(=O)N3CCN(c4cccc(Cl)c4)CC3)o2)cc1. The van der Waals surface area contributed by atoms with E-state index in [9.17, 15) is 4.79 Å². The molecule has 3 aromatic rings. The van der Waals surface area contributed by atoms with E-state index in [1.165, 1.54) is 11.8 Å². The predicted octanol–water partition coefficient (Wildman–Crippen LogP) is 3.76. The number of hydrogen-bond acceptors (Lipinski definition) is 7. The molecule has 1 aliphatic rings. The Kier molecular flexibility index (Phi) is 6.99. The number of benzene rings is 2. The van der Waals surface area contributed by atoms with Crippen LogP contribution in [0.2, 0.25) is 5.02 Å². The van der Waals surface area contributed by atoms with Crippen LogP contribution >= 0.6 is 23.4 Å². The summed E-state index contributed by atoms with van der Waals surface area (Å²) in [6.07, 6.45) is 0.539. The van der Waals surface area contributed by atoms with Crippen LogP contribution in [0.4, 0.5) is 5.69 Å². The van der Waals surface area contributed by atoms with Crippen LogP contribution in [0, 0.1) is 0 Å². The van der Waals surface area contributed by atoms with Gasteiger partial charge in [-0.05, 0) is 35.9 Å². The molecular weight excluding hydrogens is 436 g/mol. The number of methoxy groups -OCH3 is 1. The molecule has 0 unspecified atom stereocenters. The molecule has 0 radical (unpaired) electrons. The summed E-state index contributed by atoms with van der Waals surface area (Å²) < 4.78 is 10.8. The van der Waals surface area contributed by atoms with Crippen LogP contribution in [0.1, 0.15) is 11.5 Å². The van der Waals surface area contributed by atoms with Gasteiger partial charge in [0.05, 0.1) is 19.3 Å². The van der Waals surface area contributed by atoms with Crippen LogP contribution in [0.3, 0.4) is 0 Å². The average Bonchev–Trinajstić information content (AvgIpc) is 3.25. The first-order chi connectivity index (χ1) is 15.1. The first-order valence-corrected chi connectivity index (χ1v) is 11.3. The summed E-state index contributed by atoms with van der Waals surface area (Å²) in [5, 5.41) is 9.27. The van der Waals surface area contributed by atoms with E-state index in [4.69, 9.17) is 20.8 Å². The van der Waals surface area contributed by atoms with Gasteiger partial charge in [0.2, 0.25) is 11.8 Å². The monoisotopic (exact) mass is 458 g/mol. The maximum Gasteiger partial charge on any atom is 0.277 e. The normalized spacial score (nSPS) is 14.0. The predicted molar refractivity (Wildman–Crippen MR) is 121 cm³/mol. The third-order valence-corrected chi connectivity index (χ3v) is 6.13. The van der Waals surface area contributed by atoms with Gasteiger partial charge in [0, 0.05) is 36.9 Å². The molecule has 1 saturated heterocycles. The number of piperazine rings is 1. The summed E-state index contributed by atoms with van der Waals surface area (Å²) in [6, 6.07) is 15.5. The first-order valence-electron chi connectivity index (χ1n) is 9.97. The minimum Gasteiger partial charge on any atom is -0.497 e. The highest BCUT2D eigenvalue weighted by atomic mass is 35.5. The number of anilines is 1. The Bertz CT molecular complexity index is 1020. The number of thioether (sulfide) groups is 1. The van der Waals surface area contributed by atoms with E-state index in [1.807, 2.05) is 53.4 Å². The Morgan fingerprint density at radius 3 is 2.61 bits per heavy atom. The molecule has 1 amide bonds. The van der Waals surface area contributed by atoms with E-state index in [2.05, 4.69) is 15.1 Å².